The first-order chi connectivity index (χ1) is 14.3. The van der Waals surface area contributed by atoms with Gasteiger partial charge in [0.1, 0.15) is 11.1 Å². The van der Waals surface area contributed by atoms with Crippen LogP contribution in [0.25, 0.3) is 0 Å². The fraction of sp³-hybridized carbons (Fsp3) is 0.750. The molecule has 12 heteroatoms. The van der Waals surface area contributed by atoms with Crippen LogP contribution in [0.2, 0.25) is 18.1 Å². The minimum atomic E-state index is -2.23. The normalized spacial score (nSPS) is 23.5. The Labute approximate surface area is 219 Å². The molecule has 0 saturated carbocycles. The highest BCUT2D eigenvalue weighted by molar-refractivity contribution is 9.10. The minimum Gasteiger partial charge on any atom is -0.438 e. The molecule has 0 spiro atoms. The molecule has 0 aliphatic carbocycles. The van der Waals surface area contributed by atoms with E-state index in [-0.39, 0.29) is 15.9 Å². The number of carbonyl (C=O) groups excluding carboxylic acids is 3. The van der Waals surface area contributed by atoms with Gasteiger partial charge in [-0.1, -0.05) is 83.3 Å². The number of hydrogen-bond donors (Lipinski definition) is 0. The van der Waals surface area contributed by atoms with Crippen LogP contribution >= 0.6 is 62.5 Å². The van der Waals surface area contributed by atoms with E-state index in [4.69, 9.17) is 44.0 Å². The molecule has 1 unspecified atom stereocenters. The third-order valence-electron chi connectivity index (χ3n) is 5.61. The van der Waals surface area contributed by atoms with Gasteiger partial charge in [0.2, 0.25) is 5.56 Å². The summed E-state index contributed by atoms with van der Waals surface area (Å²) < 4.78 is 10.4. The summed E-state index contributed by atoms with van der Waals surface area (Å²) in [5, 5.41) is -1.03. The van der Waals surface area contributed by atoms with E-state index in [9.17, 15) is 14.4 Å². The molecule has 0 aromatic carbocycles. The summed E-state index contributed by atoms with van der Waals surface area (Å²) >= 11 is 21.8. The van der Waals surface area contributed by atoms with Gasteiger partial charge in [0, 0.05) is 6.92 Å². The zero-order chi connectivity index (χ0) is 25.4. The van der Waals surface area contributed by atoms with Gasteiger partial charge in [0.25, 0.3) is 5.91 Å². The van der Waals surface area contributed by atoms with Gasteiger partial charge in [0.15, 0.2) is 22.6 Å². The number of ether oxygens (including phenoxy) is 1. The number of nitrogens with zero attached hydrogens (tertiary/aromatic N) is 1. The molecule has 0 N–H and O–H groups in total. The van der Waals surface area contributed by atoms with Gasteiger partial charge < -0.3 is 9.16 Å². The molecular weight excluding hydrogens is 581 g/mol. The number of rotatable bonds is 8. The van der Waals surface area contributed by atoms with Crippen LogP contribution in [0.4, 0.5) is 0 Å². The van der Waals surface area contributed by atoms with E-state index in [1.807, 2.05) is 0 Å². The summed E-state index contributed by atoms with van der Waals surface area (Å²) in [6.07, 6.45) is -0.561. The van der Waals surface area contributed by atoms with Crippen LogP contribution in [-0.4, -0.2) is 56.4 Å². The molecule has 0 aromatic heterocycles. The van der Waals surface area contributed by atoms with E-state index >= 15 is 0 Å². The van der Waals surface area contributed by atoms with Crippen LogP contribution in [0.5, 0.6) is 0 Å². The monoisotopic (exact) mass is 609 g/mol. The molecule has 1 heterocycles. The van der Waals surface area contributed by atoms with Gasteiger partial charge in [-0.05, 0) is 44.5 Å². The van der Waals surface area contributed by atoms with Crippen molar-refractivity contribution in [1.29, 1.82) is 0 Å². The quantitative estimate of drug-likeness (QED) is 0.107. The molecule has 1 fully saturated rings. The molecule has 1 aliphatic rings. The Morgan fingerprint density at radius 1 is 1.19 bits per heavy atom. The van der Waals surface area contributed by atoms with Crippen molar-refractivity contribution in [2.75, 3.05) is 0 Å². The second kappa shape index (κ2) is 10.9. The predicted molar refractivity (Wildman–Crippen MR) is 138 cm³/mol. The fourth-order valence-electron chi connectivity index (χ4n) is 2.86. The first kappa shape index (κ1) is 30.3. The van der Waals surface area contributed by atoms with Crippen molar-refractivity contribution in [3.63, 3.8) is 0 Å². The lowest BCUT2D eigenvalue weighted by Crippen LogP contribution is -2.74. The Bertz CT molecular complexity index is 801. The van der Waals surface area contributed by atoms with Crippen LogP contribution < -0.4 is 0 Å². The maximum Gasteiger partial charge on any atom is 0.356 e. The number of hydrogen-bond acceptors (Lipinski definition) is 6. The number of carbonyl (C=O) groups is 3. The summed E-state index contributed by atoms with van der Waals surface area (Å²) in [7, 11) is -2.23. The van der Waals surface area contributed by atoms with Crippen LogP contribution in [0.3, 0.4) is 0 Å². The molecule has 6 nitrogen and oxygen atoms in total. The second-order valence-electron chi connectivity index (χ2n) is 9.36. The summed E-state index contributed by atoms with van der Waals surface area (Å²) in [6, 6.07) is 0. The van der Waals surface area contributed by atoms with Crippen molar-refractivity contribution >= 4 is 87.8 Å². The number of allylic oxidation sites excluding steroid dienone is 1. The Balaban J connectivity index is 3.36. The van der Waals surface area contributed by atoms with E-state index in [1.54, 1.807) is 20.8 Å². The average Bonchev–Trinajstić information content (AvgIpc) is 2.61. The second-order valence-corrected chi connectivity index (χ2v) is 18.3. The lowest BCUT2D eigenvalue weighted by molar-refractivity contribution is -0.155. The molecule has 0 aromatic rings. The van der Waals surface area contributed by atoms with Crippen LogP contribution in [-0.2, 0) is 23.5 Å². The predicted octanol–water partition coefficient (Wildman–Crippen LogP) is 6.18. The Morgan fingerprint density at radius 2 is 1.69 bits per heavy atom. The van der Waals surface area contributed by atoms with Crippen molar-refractivity contribution in [2.45, 2.75) is 92.8 Å². The van der Waals surface area contributed by atoms with E-state index in [1.165, 1.54) is 11.8 Å². The molecule has 1 aliphatic heterocycles. The molecule has 0 radical (unpaired) electrons. The number of esters is 1. The summed E-state index contributed by atoms with van der Waals surface area (Å²) in [6.45, 7) is 17.0. The van der Waals surface area contributed by atoms with Crippen LogP contribution in [0.1, 0.15) is 48.5 Å². The van der Waals surface area contributed by atoms with Gasteiger partial charge in [-0.25, -0.2) is 4.79 Å². The number of halogens is 4. The highest BCUT2D eigenvalue weighted by atomic mass is 79.9. The lowest BCUT2D eigenvalue weighted by Gasteiger charge is -2.56. The van der Waals surface area contributed by atoms with E-state index in [0.29, 0.717) is 5.57 Å². The van der Waals surface area contributed by atoms with Crippen LogP contribution in [0, 0.1) is 0 Å². The largest absolute Gasteiger partial charge is 0.438 e. The number of alkyl halides is 4. The summed E-state index contributed by atoms with van der Waals surface area (Å²) in [4.78, 5) is 38.5. The third-order valence-corrected chi connectivity index (χ3v) is 14.1. The minimum absolute atomic E-state index is 0.0111. The summed E-state index contributed by atoms with van der Waals surface area (Å²) in [5.74, 6) is -1.26. The molecule has 1 rings (SSSR count). The van der Waals surface area contributed by atoms with Crippen molar-refractivity contribution in [3.05, 3.63) is 11.3 Å². The topological polar surface area (TPSA) is 72.9 Å². The number of thioether (sulfide) groups is 1. The fourth-order valence-corrected chi connectivity index (χ4v) is 6.50. The van der Waals surface area contributed by atoms with Crippen molar-refractivity contribution in [2.24, 2.45) is 0 Å². The van der Waals surface area contributed by atoms with E-state index < -0.39 is 46.4 Å². The average molecular weight is 612 g/mol. The highest BCUT2D eigenvalue weighted by Gasteiger charge is 2.66. The Morgan fingerprint density at radius 3 is 2.06 bits per heavy atom. The van der Waals surface area contributed by atoms with Gasteiger partial charge in [-0.2, -0.15) is 0 Å². The zero-order valence-electron chi connectivity index (χ0n) is 19.7. The number of amides is 1. The lowest BCUT2D eigenvalue weighted by atomic mass is 9.91. The molecule has 0 bridgehead atoms. The van der Waals surface area contributed by atoms with Gasteiger partial charge in [-0.3, -0.25) is 14.5 Å². The molecular formula is C20H31BrCl3NO5SSi. The molecule has 1 amide bonds. The van der Waals surface area contributed by atoms with Gasteiger partial charge in [0.05, 0.1) is 6.10 Å². The Kier molecular flexibility index (Phi) is 10.3. The maximum absolute atomic E-state index is 13.5. The smallest absolute Gasteiger partial charge is 0.356 e. The molecule has 32 heavy (non-hydrogen) atoms. The van der Waals surface area contributed by atoms with E-state index in [2.05, 4.69) is 49.8 Å². The third kappa shape index (κ3) is 6.26. The molecule has 184 valence electrons. The van der Waals surface area contributed by atoms with Crippen LogP contribution in [0.15, 0.2) is 11.3 Å². The van der Waals surface area contributed by atoms with Crippen molar-refractivity contribution < 1.29 is 23.5 Å². The van der Waals surface area contributed by atoms with E-state index in [0.717, 1.165) is 11.8 Å². The zero-order valence-corrected chi connectivity index (χ0v) is 25.4. The maximum atomic E-state index is 13.5. The number of likely N-dealkylation sites (tertiary alicyclic amines) is 1. The highest BCUT2D eigenvalue weighted by Crippen LogP contribution is 2.52. The SMILES string of the molecule is CC(=O)S[C@H]1N(C(C(=O)OC(Cl)C(Cl)Cl)=C(C)C)C(=O)[C@@]1(Br)[C@@H](C)O[Si](C)(C)C(C)(C)C. The van der Waals surface area contributed by atoms with Gasteiger partial charge >= 0.3 is 5.97 Å². The van der Waals surface area contributed by atoms with Gasteiger partial charge in [-0.15, -0.1) is 0 Å². The molecule has 1 saturated heterocycles. The Hall–Kier alpha value is 0.227. The van der Waals surface area contributed by atoms with Crippen molar-refractivity contribution in [3.8, 4) is 0 Å². The summed E-state index contributed by atoms with van der Waals surface area (Å²) in [5.41, 5.74) is -0.803. The standard InChI is InChI=1S/C20H31BrCl3NO5SSi/c1-10(2)13(16(27)29-15(24)14(22)23)25-17(28)20(21,18(25)31-12(4)26)11(3)30-32(8,9)19(5,6)7/h11,14-15,18H,1-9H3/t11-,15?,18-,20+/m1/s1. The first-order valence-electron chi connectivity index (χ1n) is 9.97. The molecule has 4 atom stereocenters. The number of β-lactam (4-membered cyclic amide) rings is 1. The first-order valence-corrected chi connectivity index (χ1v) is 15.9. The van der Waals surface area contributed by atoms with Crippen molar-refractivity contribution in [1.82, 2.24) is 4.90 Å².